The van der Waals surface area contributed by atoms with E-state index in [1.807, 2.05) is 91.0 Å². The van der Waals surface area contributed by atoms with Gasteiger partial charge >= 0.3 is 0 Å². The highest BCUT2D eigenvalue weighted by molar-refractivity contribution is 7.26. The van der Waals surface area contributed by atoms with Crippen LogP contribution in [0, 0.1) is 0 Å². The summed E-state index contributed by atoms with van der Waals surface area (Å²) >= 11 is 1.66. The molecule has 7 heteroatoms. The van der Waals surface area contributed by atoms with Crippen molar-refractivity contribution in [2.45, 2.75) is 0 Å². The fourth-order valence-electron chi connectivity index (χ4n) is 10.2. The summed E-state index contributed by atoms with van der Waals surface area (Å²) in [7, 11) is 0. The number of thiophene rings is 1. The quantitative estimate of drug-likeness (QED) is 0.166. The molecule has 15 rings (SSSR count). The minimum atomic E-state index is -0.473. The van der Waals surface area contributed by atoms with E-state index in [4.69, 9.17) is 30.6 Å². The molecule has 0 aliphatic carbocycles. The van der Waals surface area contributed by atoms with Gasteiger partial charge in [0.25, 0.3) is 0 Å². The standard InChI is InChI=1S/C63H36N4O2S/c1-6-28-52-42(17-1)43-18-2-7-29-53(43)67(52)54-30-8-3-21-49(54)62-64-61(65-63(66-62)50-27-14-26-48-45-20-5-10-32-57(45)70-60(48)50)39-16-11-15-37(35-39)40-22-13-25-47-51-36-38(33-34-56(51)69-59(40)47)41-23-12-24-46-44-19-4-9-31-55(44)68-58(41)46/h1-36H/i1D,2D,6D,17D,18D,28D,29D. The van der Waals surface area contributed by atoms with Gasteiger partial charge in [0, 0.05) is 80.3 Å². The third-order valence-electron chi connectivity index (χ3n) is 13.4. The largest absolute Gasteiger partial charge is 0.455 e. The predicted molar refractivity (Wildman–Crippen MR) is 289 cm³/mol. The number of rotatable bonds is 6. The van der Waals surface area contributed by atoms with Gasteiger partial charge in [0.15, 0.2) is 17.5 Å². The summed E-state index contributed by atoms with van der Waals surface area (Å²) in [6.07, 6.45) is 0. The summed E-state index contributed by atoms with van der Waals surface area (Å²) in [4.78, 5) is 15.8. The number of nitrogens with zero attached hydrogens (tertiary/aromatic N) is 4. The molecule has 0 saturated carbocycles. The summed E-state index contributed by atoms with van der Waals surface area (Å²) in [5.74, 6) is 1.05. The van der Waals surface area contributed by atoms with Crippen molar-refractivity contribution in [2.75, 3.05) is 0 Å². The summed E-state index contributed by atoms with van der Waals surface area (Å²) in [5, 5.41) is 6.39. The van der Waals surface area contributed by atoms with Gasteiger partial charge in [-0.15, -0.1) is 11.3 Å². The summed E-state index contributed by atoms with van der Waals surface area (Å²) in [5.41, 5.74) is 9.54. The molecule has 15 aromatic rings. The summed E-state index contributed by atoms with van der Waals surface area (Å²) in [6.45, 7) is 0. The maximum Gasteiger partial charge on any atom is 0.166 e. The van der Waals surface area contributed by atoms with Crippen molar-refractivity contribution in [1.82, 2.24) is 19.5 Å². The smallest absolute Gasteiger partial charge is 0.166 e. The molecule has 10 aromatic carbocycles. The van der Waals surface area contributed by atoms with Gasteiger partial charge in [-0.05, 0) is 71.7 Å². The molecule has 0 unspecified atom stereocenters. The highest BCUT2D eigenvalue weighted by Crippen LogP contribution is 2.43. The van der Waals surface area contributed by atoms with E-state index >= 15 is 0 Å². The van der Waals surface area contributed by atoms with Crippen LogP contribution in [0.15, 0.2) is 227 Å². The van der Waals surface area contributed by atoms with Gasteiger partial charge in [-0.3, -0.25) is 0 Å². The topological polar surface area (TPSA) is 69.9 Å². The maximum atomic E-state index is 9.26. The van der Waals surface area contributed by atoms with E-state index in [2.05, 4.69) is 66.7 Å². The van der Waals surface area contributed by atoms with Crippen molar-refractivity contribution in [3.63, 3.8) is 0 Å². The van der Waals surface area contributed by atoms with Crippen LogP contribution in [0.2, 0.25) is 0 Å². The molecule has 0 fully saturated rings. The lowest BCUT2D eigenvalue weighted by atomic mass is 9.98. The molecule has 5 aromatic heterocycles. The zero-order valence-corrected chi connectivity index (χ0v) is 37.6. The Kier molecular flexibility index (Phi) is 7.05. The molecule has 70 heavy (non-hydrogen) atoms. The van der Waals surface area contributed by atoms with Crippen molar-refractivity contribution in [2.24, 2.45) is 0 Å². The zero-order chi connectivity index (χ0) is 52.0. The highest BCUT2D eigenvalue weighted by atomic mass is 32.1. The van der Waals surface area contributed by atoms with E-state index in [-0.39, 0.29) is 57.8 Å². The van der Waals surface area contributed by atoms with Crippen LogP contribution in [-0.2, 0) is 0 Å². The van der Waals surface area contributed by atoms with Gasteiger partial charge in [0.05, 0.1) is 26.3 Å². The molecule has 0 radical (unpaired) electrons. The SMILES string of the molecule is [2H]c1cc([2H])c2c(c1[2H])c1c([2H])c([2H])c([2H])c([2H])c1n2-c1ccccc1-c1nc(-c2cccc(-c3cccc4c3oc3ccc(-c5cccc6c5oc5ccccc56)cc34)c2)nc(-c2cccc3c2sc2ccccc23)n1. The Labute approximate surface area is 413 Å². The van der Waals surface area contributed by atoms with Crippen LogP contribution < -0.4 is 0 Å². The van der Waals surface area contributed by atoms with E-state index in [1.54, 1.807) is 28.0 Å². The Hall–Kier alpha value is -9.17. The Morgan fingerprint density at radius 3 is 1.83 bits per heavy atom. The number of hydrogen-bond donors (Lipinski definition) is 0. The number of aromatic nitrogens is 4. The highest BCUT2D eigenvalue weighted by Gasteiger charge is 2.22. The molecule has 0 saturated heterocycles. The predicted octanol–water partition coefficient (Wildman–Crippen LogP) is 17.5. The first kappa shape index (κ1) is 32.5. The molecule has 5 heterocycles. The van der Waals surface area contributed by atoms with Gasteiger partial charge in [0.2, 0.25) is 0 Å². The Bertz CT molecular complexity index is 5060. The minimum Gasteiger partial charge on any atom is -0.455 e. The number of benzene rings is 10. The van der Waals surface area contributed by atoms with Crippen molar-refractivity contribution in [1.29, 1.82) is 0 Å². The van der Waals surface area contributed by atoms with Crippen LogP contribution >= 0.6 is 11.3 Å². The van der Waals surface area contributed by atoms with Gasteiger partial charge in [0.1, 0.15) is 22.3 Å². The first-order valence-electron chi connectivity index (χ1n) is 26.3. The molecule has 326 valence electrons. The molecule has 0 bridgehead atoms. The molecule has 0 N–H and O–H groups in total. The van der Waals surface area contributed by atoms with Crippen LogP contribution in [0.25, 0.3) is 148 Å². The van der Waals surface area contributed by atoms with E-state index in [1.165, 1.54) is 6.07 Å². The van der Waals surface area contributed by atoms with Crippen molar-refractivity contribution >= 4 is 97.2 Å². The van der Waals surface area contributed by atoms with Crippen molar-refractivity contribution < 1.29 is 18.4 Å². The third-order valence-corrected chi connectivity index (χ3v) is 14.6. The first-order chi connectivity index (χ1) is 37.6. The monoisotopic (exact) mass is 919 g/mol. The van der Waals surface area contributed by atoms with Gasteiger partial charge in [-0.2, -0.15) is 0 Å². The van der Waals surface area contributed by atoms with E-state index in [9.17, 15) is 2.74 Å². The van der Waals surface area contributed by atoms with Gasteiger partial charge in [-0.1, -0.05) is 158 Å². The van der Waals surface area contributed by atoms with Crippen LogP contribution in [0.3, 0.4) is 0 Å². The number of para-hydroxylation sites is 6. The second-order valence-electron chi connectivity index (χ2n) is 17.3. The minimum absolute atomic E-state index is 0.0545. The molecular weight excluding hydrogens is 877 g/mol. The Morgan fingerprint density at radius 1 is 0.386 bits per heavy atom. The number of fused-ring (bicyclic) bond motifs is 12. The first-order valence-corrected chi connectivity index (χ1v) is 23.7. The molecular formula is C63H36N4O2S. The van der Waals surface area contributed by atoms with Crippen LogP contribution in [0.5, 0.6) is 0 Å². The van der Waals surface area contributed by atoms with Crippen LogP contribution in [0.4, 0.5) is 0 Å². The lowest BCUT2D eigenvalue weighted by Crippen LogP contribution is -2.03. The normalized spacial score (nSPS) is 13.4. The van der Waals surface area contributed by atoms with E-state index < -0.39 is 12.1 Å². The Balaban J connectivity index is 0.929. The molecule has 6 nitrogen and oxygen atoms in total. The molecule has 0 atom stereocenters. The average molecular weight is 920 g/mol. The third kappa shape index (κ3) is 5.89. The second kappa shape index (κ2) is 15.2. The lowest BCUT2D eigenvalue weighted by molar-refractivity contribution is 0.669. The number of hydrogen-bond acceptors (Lipinski definition) is 6. The van der Waals surface area contributed by atoms with Crippen LogP contribution in [-0.4, -0.2) is 19.5 Å². The number of furan rings is 2. The second-order valence-corrected chi connectivity index (χ2v) is 18.4. The molecule has 0 aliphatic heterocycles. The van der Waals surface area contributed by atoms with Crippen LogP contribution in [0.1, 0.15) is 9.60 Å². The molecule has 0 amide bonds. The fourth-order valence-corrected chi connectivity index (χ4v) is 11.4. The fraction of sp³-hybridized carbons (Fsp3) is 0. The average Bonchev–Trinajstić information content (AvgIpc) is 4.25. The van der Waals surface area contributed by atoms with E-state index in [0.717, 1.165) is 91.9 Å². The van der Waals surface area contributed by atoms with Crippen molar-refractivity contribution in [3.8, 4) is 62.1 Å². The molecule has 0 spiro atoms. The summed E-state index contributed by atoms with van der Waals surface area (Å²) in [6, 6.07) is 55.5. The van der Waals surface area contributed by atoms with Gasteiger partial charge in [-0.25, -0.2) is 15.0 Å². The Morgan fingerprint density at radius 2 is 0.971 bits per heavy atom. The summed E-state index contributed by atoms with van der Waals surface area (Å²) < 4.78 is 79.5. The van der Waals surface area contributed by atoms with E-state index in [0.29, 0.717) is 28.5 Å². The maximum absolute atomic E-state index is 9.26. The zero-order valence-electron chi connectivity index (χ0n) is 43.8. The van der Waals surface area contributed by atoms with Gasteiger partial charge < -0.3 is 13.4 Å². The lowest BCUT2D eigenvalue weighted by Gasteiger charge is -2.15. The van der Waals surface area contributed by atoms with Crippen molar-refractivity contribution in [3.05, 3.63) is 218 Å². The molecule has 0 aliphatic rings.